The van der Waals surface area contributed by atoms with Crippen molar-refractivity contribution >= 4 is 17.2 Å². The lowest BCUT2D eigenvalue weighted by Gasteiger charge is -2.33. The van der Waals surface area contributed by atoms with Gasteiger partial charge in [-0.1, -0.05) is 19.9 Å². The van der Waals surface area contributed by atoms with Crippen LogP contribution in [-0.2, 0) is 0 Å². The summed E-state index contributed by atoms with van der Waals surface area (Å²) in [5.41, 5.74) is 0.428. The Balaban J connectivity index is 1.62. The number of aromatic nitrogens is 1. The van der Waals surface area contributed by atoms with Crippen LogP contribution in [0.5, 0.6) is 0 Å². The molecular weight excluding hydrogens is 312 g/mol. The van der Waals surface area contributed by atoms with Crippen LogP contribution in [0.4, 0.5) is 0 Å². The second-order valence-corrected chi connectivity index (χ2v) is 7.29. The number of hydrogen-bond donors (Lipinski definition) is 1. The molecule has 2 aromatic heterocycles. The highest BCUT2D eigenvalue weighted by molar-refractivity contribution is 7.10. The Bertz CT molecular complexity index is 643. The summed E-state index contributed by atoms with van der Waals surface area (Å²) in [7, 11) is 0. The maximum Gasteiger partial charge on any atom is 0.276 e. The van der Waals surface area contributed by atoms with Crippen molar-refractivity contribution in [2.75, 3.05) is 13.1 Å². The van der Waals surface area contributed by atoms with E-state index in [1.54, 1.807) is 11.3 Å². The number of carbonyl (C=O) groups is 1. The molecule has 23 heavy (non-hydrogen) atoms. The maximum absolute atomic E-state index is 12.6. The number of aliphatic hydroxyl groups is 1. The molecule has 0 radical (unpaired) electrons. The molecule has 0 bridgehead atoms. The number of nitrogens with zero attached hydrogens (tertiary/aromatic N) is 2. The van der Waals surface area contributed by atoms with Gasteiger partial charge in [0.05, 0.1) is 6.10 Å². The molecule has 1 N–H and O–H groups in total. The van der Waals surface area contributed by atoms with Crippen molar-refractivity contribution in [3.63, 3.8) is 0 Å². The first-order chi connectivity index (χ1) is 11.1. The molecule has 5 nitrogen and oxygen atoms in total. The topological polar surface area (TPSA) is 66.6 Å². The third-order valence-electron chi connectivity index (χ3n) is 4.43. The molecule has 1 amide bonds. The molecule has 2 aromatic rings. The van der Waals surface area contributed by atoms with E-state index in [1.807, 2.05) is 36.3 Å². The SMILES string of the molecule is CC(C)c1ocnc1C(=O)N1CCC([C@@H](O)c2cccs2)CC1. The Morgan fingerprint density at radius 1 is 1.43 bits per heavy atom. The second kappa shape index (κ2) is 6.84. The number of hydrogen-bond acceptors (Lipinski definition) is 5. The molecule has 0 aliphatic carbocycles. The summed E-state index contributed by atoms with van der Waals surface area (Å²) in [6.45, 7) is 5.27. The Kier molecular flexibility index (Phi) is 4.82. The van der Waals surface area contributed by atoms with Crippen LogP contribution in [0.3, 0.4) is 0 Å². The van der Waals surface area contributed by atoms with Crippen LogP contribution >= 0.6 is 11.3 Å². The first kappa shape index (κ1) is 16.2. The van der Waals surface area contributed by atoms with E-state index < -0.39 is 6.10 Å². The first-order valence-electron chi connectivity index (χ1n) is 8.02. The highest BCUT2D eigenvalue weighted by atomic mass is 32.1. The largest absolute Gasteiger partial charge is 0.447 e. The molecule has 3 heterocycles. The molecule has 1 saturated heterocycles. The van der Waals surface area contributed by atoms with Crippen LogP contribution in [0, 0.1) is 5.92 Å². The lowest BCUT2D eigenvalue weighted by atomic mass is 9.90. The fourth-order valence-corrected chi connectivity index (χ4v) is 3.89. The summed E-state index contributed by atoms with van der Waals surface area (Å²) in [4.78, 5) is 19.6. The van der Waals surface area contributed by atoms with Crippen LogP contribution in [0.25, 0.3) is 0 Å². The van der Waals surface area contributed by atoms with Gasteiger partial charge in [-0.15, -0.1) is 11.3 Å². The highest BCUT2D eigenvalue weighted by Gasteiger charge is 2.31. The Morgan fingerprint density at radius 3 is 2.78 bits per heavy atom. The van der Waals surface area contributed by atoms with E-state index in [-0.39, 0.29) is 17.7 Å². The number of aliphatic hydroxyl groups excluding tert-OH is 1. The number of oxazole rings is 1. The third-order valence-corrected chi connectivity index (χ3v) is 5.37. The fourth-order valence-electron chi connectivity index (χ4n) is 3.09. The molecule has 1 fully saturated rings. The highest BCUT2D eigenvalue weighted by Crippen LogP contribution is 2.33. The van der Waals surface area contributed by atoms with Crippen LogP contribution in [0.2, 0.25) is 0 Å². The molecule has 0 aromatic carbocycles. The van der Waals surface area contributed by atoms with Gasteiger partial charge in [0, 0.05) is 23.9 Å². The Labute approximate surface area is 140 Å². The summed E-state index contributed by atoms with van der Waals surface area (Å²) in [5.74, 6) is 0.927. The van der Waals surface area contributed by atoms with E-state index in [0.29, 0.717) is 24.5 Å². The van der Waals surface area contributed by atoms with Crippen LogP contribution in [-0.4, -0.2) is 34.0 Å². The molecular formula is C17H22N2O3S. The van der Waals surface area contributed by atoms with Gasteiger partial charge in [0.2, 0.25) is 0 Å². The van der Waals surface area contributed by atoms with Gasteiger partial charge in [-0.25, -0.2) is 4.98 Å². The van der Waals surface area contributed by atoms with E-state index in [4.69, 9.17) is 4.42 Å². The van der Waals surface area contributed by atoms with Crippen LogP contribution in [0.15, 0.2) is 28.3 Å². The minimum atomic E-state index is -0.425. The number of amides is 1. The van der Waals surface area contributed by atoms with Gasteiger partial charge in [0.25, 0.3) is 5.91 Å². The van der Waals surface area contributed by atoms with E-state index in [2.05, 4.69) is 4.98 Å². The summed E-state index contributed by atoms with van der Waals surface area (Å²) in [6.07, 6.45) is 2.53. The molecule has 6 heteroatoms. The third kappa shape index (κ3) is 3.33. The smallest absolute Gasteiger partial charge is 0.276 e. The van der Waals surface area contributed by atoms with Crippen molar-refractivity contribution in [2.24, 2.45) is 5.92 Å². The average Bonchev–Trinajstić information content (AvgIpc) is 3.24. The molecule has 3 rings (SSSR count). The first-order valence-corrected chi connectivity index (χ1v) is 8.90. The minimum Gasteiger partial charge on any atom is -0.447 e. The second-order valence-electron chi connectivity index (χ2n) is 6.31. The molecule has 1 aliphatic rings. The van der Waals surface area contributed by atoms with Crippen molar-refractivity contribution in [3.05, 3.63) is 40.2 Å². The van der Waals surface area contributed by atoms with Gasteiger partial charge in [0.1, 0.15) is 5.76 Å². The maximum atomic E-state index is 12.6. The number of thiophene rings is 1. The standard InChI is InChI=1S/C17H22N2O3S/c1-11(2)16-14(18-10-22-16)17(21)19-7-5-12(6-8-19)15(20)13-4-3-9-23-13/h3-4,9-12,15,20H,5-8H2,1-2H3/t15-/m1/s1. The van der Waals surface area contributed by atoms with Gasteiger partial charge in [0.15, 0.2) is 12.1 Å². The molecule has 0 spiro atoms. The van der Waals surface area contributed by atoms with Gasteiger partial charge in [-0.3, -0.25) is 4.79 Å². The lowest BCUT2D eigenvalue weighted by Crippen LogP contribution is -2.40. The fraction of sp³-hybridized carbons (Fsp3) is 0.529. The zero-order valence-electron chi connectivity index (χ0n) is 13.4. The van der Waals surface area contributed by atoms with Crippen molar-refractivity contribution in [2.45, 2.75) is 38.7 Å². The van der Waals surface area contributed by atoms with Crippen molar-refractivity contribution in [1.82, 2.24) is 9.88 Å². The van der Waals surface area contributed by atoms with Crippen molar-refractivity contribution in [1.29, 1.82) is 0 Å². The molecule has 124 valence electrons. The van der Waals surface area contributed by atoms with Gasteiger partial charge in [-0.2, -0.15) is 0 Å². The van der Waals surface area contributed by atoms with E-state index in [9.17, 15) is 9.90 Å². The molecule has 1 atom stereocenters. The summed E-state index contributed by atoms with van der Waals surface area (Å²) < 4.78 is 5.35. The van der Waals surface area contributed by atoms with Crippen LogP contribution < -0.4 is 0 Å². The predicted molar refractivity (Wildman–Crippen MR) is 88.5 cm³/mol. The van der Waals surface area contributed by atoms with E-state index >= 15 is 0 Å². The summed E-state index contributed by atoms with van der Waals surface area (Å²) >= 11 is 1.58. The molecule has 0 saturated carbocycles. The number of rotatable bonds is 4. The quantitative estimate of drug-likeness (QED) is 0.930. The molecule has 1 aliphatic heterocycles. The van der Waals surface area contributed by atoms with Gasteiger partial charge >= 0.3 is 0 Å². The lowest BCUT2D eigenvalue weighted by molar-refractivity contribution is 0.0469. The Morgan fingerprint density at radius 2 is 2.17 bits per heavy atom. The Hall–Kier alpha value is -1.66. The van der Waals surface area contributed by atoms with Gasteiger partial charge < -0.3 is 14.4 Å². The number of carbonyl (C=O) groups excluding carboxylic acids is 1. The normalized spacial score (nSPS) is 17.7. The van der Waals surface area contributed by atoms with Crippen molar-refractivity contribution < 1.29 is 14.3 Å². The predicted octanol–water partition coefficient (Wildman–Crippen LogP) is 3.45. The van der Waals surface area contributed by atoms with Crippen LogP contribution in [0.1, 0.15) is 59.8 Å². The van der Waals surface area contributed by atoms with E-state index in [0.717, 1.165) is 17.7 Å². The molecule has 0 unspecified atom stereocenters. The number of piperidine rings is 1. The minimum absolute atomic E-state index is 0.0634. The average molecular weight is 334 g/mol. The van der Waals surface area contributed by atoms with Crippen molar-refractivity contribution in [3.8, 4) is 0 Å². The van der Waals surface area contributed by atoms with E-state index in [1.165, 1.54) is 6.39 Å². The summed E-state index contributed by atoms with van der Waals surface area (Å²) in [5, 5.41) is 12.4. The zero-order chi connectivity index (χ0) is 16.4. The number of likely N-dealkylation sites (tertiary alicyclic amines) is 1. The zero-order valence-corrected chi connectivity index (χ0v) is 14.3. The summed E-state index contributed by atoms with van der Waals surface area (Å²) in [6, 6.07) is 3.93. The monoisotopic (exact) mass is 334 g/mol. The van der Waals surface area contributed by atoms with Gasteiger partial charge in [-0.05, 0) is 30.2 Å².